The Morgan fingerprint density at radius 3 is 3.00 bits per heavy atom. The highest BCUT2D eigenvalue weighted by Crippen LogP contribution is 2.31. The zero-order valence-electron chi connectivity index (χ0n) is 11.5. The number of nitrogens with one attached hydrogen (secondary N) is 1. The molecule has 3 rings (SSSR count). The maximum atomic E-state index is 11.6. The van der Waals surface area contributed by atoms with Crippen molar-refractivity contribution in [2.45, 2.75) is 19.4 Å². The van der Waals surface area contributed by atoms with Crippen molar-refractivity contribution in [3.63, 3.8) is 0 Å². The number of nitrogens with two attached hydrogens (primary N) is 1. The summed E-state index contributed by atoms with van der Waals surface area (Å²) in [5.41, 5.74) is 8.41. The van der Waals surface area contributed by atoms with E-state index in [1.165, 1.54) is 11.1 Å². The summed E-state index contributed by atoms with van der Waals surface area (Å²) in [4.78, 5) is 20.9. The molecule has 0 saturated carbocycles. The van der Waals surface area contributed by atoms with Gasteiger partial charge < -0.3 is 15.6 Å². The lowest BCUT2D eigenvalue weighted by atomic mass is 9.92. The molecular weight excluding hydrogens is 252 g/mol. The molecule has 1 aromatic heterocycles. The zero-order chi connectivity index (χ0) is 14.1. The van der Waals surface area contributed by atoms with Gasteiger partial charge in [-0.1, -0.05) is 24.3 Å². The molecule has 1 unspecified atom stereocenters. The summed E-state index contributed by atoms with van der Waals surface area (Å²) in [5.74, 6) is 1.33. The molecule has 0 radical (unpaired) electrons. The van der Waals surface area contributed by atoms with Crippen molar-refractivity contribution in [3.05, 3.63) is 57.6 Å². The number of rotatable bonds is 2. The quantitative estimate of drug-likeness (QED) is 0.858. The van der Waals surface area contributed by atoms with Crippen LogP contribution in [0.15, 0.2) is 35.1 Å². The molecule has 1 aromatic carbocycles. The molecule has 1 aliphatic rings. The average molecular weight is 270 g/mol. The Balaban J connectivity index is 2.05. The second-order valence-electron chi connectivity index (χ2n) is 5.08. The number of anilines is 1. The SMILES string of the molecule is Cc1nc(N2CCc3ccccc3C2CN)cc(=O)[nH]1. The first-order valence-corrected chi connectivity index (χ1v) is 6.81. The molecule has 3 N–H and O–H groups in total. The lowest BCUT2D eigenvalue weighted by Gasteiger charge is -2.37. The zero-order valence-corrected chi connectivity index (χ0v) is 11.5. The normalized spacial score (nSPS) is 17.9. The molecule has 0 saturated heterocycles. The van der Waals surface area contributed by atoms with E-state index in [4.69, 9.17) is 5.73 Å². The minimum absolute atomic E-state index is 0.0775. The van der Waals surface area contributed by atoms with Crippen LogP contribution in [0.4, 0.5) is 5.82 Å². The Bertz CT molecular complexity index is 680. The van der Waals surface area contributed by atoms with E-state index >= 15 is 0 Å². The number of hydrogen-bond acceptors (Lipinski definition) is 4. The van der Waals surface area contributed by atoms with E-state index < -0.39 is 0 Å². The third-order valence-corrected chi connectivity index (χ3v) is 3.78. The minimum Gasteiger partial charge on any atom is -0.348 e. The lowest BCUT2D eigenvalue weighted by Crippen LogP contribution is -2.40. The molecule has 20 heavy (non-hydrogen) atoms. The fourth-order valence-corrected chi connectivity index (χ4v) is 2.89. The van der Waals surface area contributed by atoms with Crippen LogP contribution >= 0.6 is 0 Å². The number of fused-ring (bicyclic) bond motifs is 1. The summed E-state index contributed by atoms with van der Waals surface area (Å²) in [6.45, 7) is 3.12. The maximum absolute atomic E-state index is 11.6. The average Bonchev–Trinajstić information content (AvgIpc) is 2.45. The molecule has 1 atom stereocenters. The molecule has 0 aliphatic carbocycles. The van der Waals surface area contributed by atoms with Gasteiger partial charge in [0.1, 0.15) is 11.6 Å². The van der Waals surface area contributed by atoms with Gasteiger partial charge in [0.15, 0.2) is 0 Å². The Morgan fingerprint density at radius 2 is 2.25 bits per heavy atom. The van der Waals surface area contributed by atoms with Gasteiger partial charge in [-0.05, 0) is 24.5 Å². The Kier molecular flexibility index (Phi) is 3.28. The van der Waals surface area contributed by atoms with Gasteiger partial charge in [-0.15, -0.1) is 0 Å². The second kappa shape index (κ2) is 5.09. The number of H-pyrrole nitrogens is 1. The number of aromatic amines is 1. The highest BCUT2D eigenvalue weighted by molar-refractivity contribution is 5.47. The monoisotopic (exact) mass is 270 g/mol. The van der Waals surface area contributed by atoms with E-state index in [9.17, 15) is 4.79 Å². The van der Waals surface area contributed by atoms with Crippen molar-refractivity contribution >= 4 is 5.82 Å². The summed E-state index contributed by atoms with van der Waals surface area (Å²) >= 11 is 0. The van der Waals surface area contributed by atoms with Crippen LogP contribution in [0.25, 0.3) is 0 Å². The topological polar surface area (TPSA) is 75.0 Å². The van der Waals surface area contributed by atoms with E-state index in [0.29, 0.717) is 18.2 Å². The second-order valence-corrected chi connectivity index (χ2v) is 5.08. The van der Waals surface area contributed by atoms with Gasteiger partial charge in [-0.3, -0.25) is 4.79 Å². The van der Waals surface area contributed by atoms with Gasteiger partial charge in [0.2, 0.25) is 0 Å². The standard InChI is InChI=1S/C15H18N4O/c1-10-17-14(8-15(20)18-10)19-7-6-11-4-2-3-5-12(11)13(19)9-16/h2-5,8,13H,6-7,9,16H2,1H3,(H,17,18,20). The molecule has 104 valence electrons. The summed E-state index contributed by atoms with van der Waals surface area (Å²) in [6, 6.07) is 9.96. The number of aryl methyl sites for hydroxylation is 1. The molecule has 5 nitrogen and oxygen atoms in total. The van der Waals surface area contributed by atoms with Crippen LogP contribution in [0.1, 0.15) is 23.0 Å². The first-order valence-electron chi connectivity index (χ1n) is 6.81. The molecule has 2 aromatic rings. The van der Waals surface area contributed by atoms with E-state index in [-0.39, 0.29) is 11.6 Å². The number of nitrogens with zero attached hydrogens (tertiary/aromatic N) is 2. The van der Waals surface area contributed by atoms with E-state index in [1.807, 2.05) is 6.07 Å². The molecule has 0 bridgehead atoms. The first-order chi connectivity index (χ1) is 9.69. The number of aromatic nitrogens is 2. The minimum atomic E-state index is -0.123. The van der Waals surface area contributed by atoms with Crippen LogP contribution in [-0.4, -0.2) is 23.1 Å². The van der Waals surface area contributed by atoms with Crippen molar-refractivity contribution in [3.8, 4) is 0 Å². The number of hydrogen-bond donors (Lipinski definition) is 2. The van der Waals surface area contributed by atoms with Crippen molar-refractivity contribution in [2.24, 2.45) is 5.73 Å². The van der Waals surface area contributed by atoms with Crippen molar-refractivity contribution < 1.29 is 0 Å². The van der Waals surface area contributed by atoms with Crippen LogP contribution < -0.4 is 16.2 Å². The van der Waals surface area contributed by atoms with Crippen molar-refractivity contribution in [2.75, 3.05) is 18.0 Å². The van der Waals surface area contributed by atoms with E-state index in [1.54, 1.807) is 13.0 Å². The van der Waals surface area contributed by atoms with Crippen molar-refractivity contribution in [1.29, 1.82) is 0 Å². The predicted molar refractivity (Wildman–Crippen MR) is 78.9 cm³/mol. The molecular formula is C15H18N4O. The van der Waals surface area contributed by atoms with Crippen molar-refractivity contribution in [1.82, 2.24) is 9.97 Å². The number of benzene rings is 1. The molecule has 1 aliphatic heterocycles. The third kappa shape index (κ3) is 2.20. The summed E-state index contributed by atoms with van der Waals surface area (Å²) in [6.07, 6.45) is 0.945. The van der Waals surface area contributed by atoms with Gasteiger partial charge in [-0.25, -0.2) is 4.98 Å². The fourth-order valence-electron chi connectivity index (χ4n) is 2.89. The van der Waals surface area contributed by atoms with Gasteiger partial charge in [0.25, 0.3) is 5.56 Å². The summed E-state index contributed by atoms with van der Waals surface area (Å²) in [5, 5.41) is 0. The predicted octanol–water partition coefficient (Wildman–Crippen LogP) is 1.14. The van der Waals surface area contributed by atoms with Gasteiger partial charge in [-0.2, -0.15) is 0 Å². The smallest absolute Gasteiger partial charge is 0.252 e. The van der Waals surface area contributed by atoms with E-state index in [2.05, 4.69) is 33.1 Å². The highest BCUT2D eigenvalue weighted by Gasteiger charge is 2.27. The molecule has 0 fully saturated rings. The Labute approximate surface area is 117 Å². The van der Waals surface area contributed by atoms with Crippen LogP contribution in [0, 0.1) is 6.92 Å². The third-order valence-electron chi connectivity index (χ3n) is 3.78. The van der Waals surface area contributed by atoms with Gasteiger partial charge >= 0.3 is 0 Å². The van der Waals surface area contributed by atoms with Crippen LogP contribution in [0.2, 0.25) is 0 Å². The van der Waals surface area contributed by atoms with Crippen LogP contribution in [0.3, 0.4) is 0 Å². The first kappa shape index (κ1) is 12.9. The molecule has 0 amide bonds. The summed E-state index contributed by atoms with van der Waals surface area (Å²) in [7, 11) is 0. The summed E-state index contributed by atoms with van der Waals surface area (Å²) < 4.78 is 0. The molecule has 2 heterocycles. The van der Waals surface area contributed by atoms with Gasteiger partial charge in [0, 0.05) is 19.2 Å². The van der Waals surface area contributed by atoms with Crippen LogP contribution in [-0.2, 0) is 6.42 Å². The Hall–Kier alpha value is -2.14. The molecule has 0 spiro atoms. The van der Waals surface area contributed by atoms with E-state index in [0.717, 1.165) is 13.0 Å². The Morgan fingerprint density at radius 1 is 1.45 bits per heavy atom. The fraction of sp³-hybridized carbons (Fsp3) is 0.333. The maximum Gasteiger partial charge on any atom is 0.252 e. The molecule has 5 heteroatoms. The largest absolute Gasteiger partial charge is 0.348 e. The van der Waals surface area contributed by atoms with Gasteiger partial charge in [0.05, 0.1) is 6.04 Å². The lowest BCUT2D eigenvalue weighted by molar-refractivity contribution is 0.582. The highest BCUT2D eigenvalue weighted by atomic mass is 16.1. The van der Waals surface area contributed by atoms with Crippen LogP contribution in [0.5, 0.6) is 0 Å².